The Morgan fingerprint density at radius 2 is 1.96 bits per heavy atom. The van der Waals surface area contributed by atoms with Crippen LogP contribution in [-0.2, 0) is 23.2 Å². The van der Waals surface area contributed by atoms with Crippen molar-refractivity contribution in [3.05, 3.63) is 76.0 Å². The van der Waals surface area contributed by atoms with Crippen LogP contribution in [0.4, 0.5) is 9.52 Å². The lowest BCUT2D eigenvalue weighted by molar-refractivity contribution is -0.0592. The second-order valence-corrected chi connectivity index (χ2v) is 8.21. The van der Waals surface area contributed by atoms with E-state index in [-0.39, 0.29) is 11.4 Å². The van der Waals surface area contributed by atoms with Crippen molar-refractivity contribution in [2.75, 3.05) is 24.6 Å². The van der Waals surface area contributed by atoms with Crippen molar-refractivity contribution < 1.29 is 9.13 Å². The number of aryl methyl sites for hydroxylation is 1. The van der Waals surface area contributed by atoms with Gasteiger partial charge < -0.3 is 9.64 Å². The summed E-state index contributed by atoms with van der Waals surface area (Å²) in [7, 11) is 0. The Balaban J connectivity index is 1.37. The van der Waals surface area contributed by atoms with Crippen molar-refractivity contribution in [3.8, 4) is 0 Å². The van der Waals surface area contributed by atoms with Crippen LogP contribution in [0.1, 0.15) is 28.1 Å². The van der Waals surface area contributed by atoms with Crippen LogP contribution in [0, 0.1) is 5.82 Å². The van der Waals surface area contributed by atoms with Crippen LogP contribution in [0.5, 0.6) is 0 Å². The highest BCUT2D eigenvalue weighted by molar-refractivity contribution is 7.15. The summed E-state index contributed by atoms with van der Waals surface area (Å²) in [5, 5.41) is 10.4. The first-order valence-corrected chi connectivity index (χ1v) is 10.1. The Hall–Kier alpha value is -2.31. The summed E-state index contributed by atoms with van der Waals surface area (Å²) in [5.41, 5.74) is 3.11. The minimum absolute atomic E-state index is 0.192. The van der Waals surface area contributed by atoms with Crippen molar-refractivity contribution >= 4 is 16.5 Å². The standard InChI is InChI=1S/C21H20FN3OS/c22-18-8-4-2-6-16(18)13-19-23-24-20(27-19)25-11-12-26-21(14-25)10-9-15-5-1-3-7-17(15)21/h1-8H,9-14H2. The van der Waals surface area contributed by atoms with Gasteiger partial charge in [-0.05, 0) is 35.6 Å². The van der Waals surface area contributed by atoms with Gasteiger partial charge in [-0.15, -0.1) is 10.2 Å². The molecule has 0 bridgehead atoms. The number of nitrogens with zero attached hydrogens (tertiary/aromatic N) is 3. The zero-order valence-corrected chi connectivity index (χ0v) is 15.7. The lowest BCUT2D eigenvalue weighted by Crippen LogP contribution is -2.49. The van der Waals surface area contributed by atoms with E-state index in [1.165, 1.54) is 17.2 Å². The SMILES string of the molecule is Fc1ccccc1Cc1nnc(N2CCOC3(CCc4ccccc43)C2)s1. The first kappa shape index (κ1) is 16.8. The van der Waals surface area contributed by atoms with Crippen molar-refractivity contribution in [1.82, 2.24) is 10.2 Å². The molecule has 0 saturated carbocycles. The highest BCUT2D eigenvalue weighted by Crippen LogP contribution is 2.43. The van der Waals surface area contributed by atoms with E-state index in [0.717, 1.165) is 36.1 Å². The monoisotopic (exact) mass is 381 g/mol. The van der Waals surface area contributed by atoms with E-state index in [2.05, 4.69) is 39.4 Å². The average Bonchev–Trinajstić information content (AvgIpc) is 3.30. The number of morpholine rings is 1. The quantitative estimate of drug-likeness (QED) is 0.689. The van der Waals surface area contributed by atoms with E-state index >= 15 is 0 Å². The smallest absolute Gasteiger partial charge is 0.208 e. The molecule has 1 aliphatic carbocycles. The number of rotatable bonds is 3. The molecule has 0 N–H and O–H groups in total. The maximum atomic E-state index is 13.9. The lowest BCUT2D eigenvalue weighted by atomic mass is 9.94. The fourth-order valence-electron chi connectivity index (χ4n) is 4.16. The fourth-order valence-corrected chi connectivity index (χ4v) is 5.05. The molecular weight excluding hydrogens is 361 g/mol. The lowest BCUT2D eigenvalue weighted by Gasteiger charge is -2.41. The number of anilines is 1. The summed E-state index contributed by atoms with van der Waals surface area (Å²) in [6.45, 7) is 2.27. The molecule has 0 radical (unpaired) electrons. The van der Waals surface area contributed by atoms with Gasteiger partial charge in [-0.3, -0.25) is 0 Å². The molecule has 1 saturated heterocycles. The van der Waals surface area contributed by atoms with E-state index in [9.17, 15) is 4.39 Å². The van der Waals surface area contributed by atoms with Gasteiger partial charge in [0.25, 0.3) is 0 Å². The van der Waals surface area contributed by atoms with Gasteiger partial charge in [0.15, 0.2) is 0 Å². The van der Waals surface area contributed by atoms with E-state index < -0.39 is 0 Å². The molecule has 1 spiro atoms. The average molecular weight is 381 g/mol. The molecule has 1 unspecified atom stereocenters. The minimum atomic E-state index is -0.244. The topological polar surface area (TPSA) is 38.2 Å². The molecule has 1 aliphatic heterocycles. The molecule has 2 heterocycles. The molecule has 1 atom stereocenters. The van der Waals surface area contributed by atoms with Crippen LogP contribution in [-0.4, -0.2) is 29.9 Å². The van der Waals surface area contributed by atoms with Gasteiger partial charge in [0, 0.05) is 13.0 Å². The number of hydrogen-bond donors (Lipinski definition) is 0. The summed E-state index contributed by atoms with van der Waals surface area (Å²) in [6, 6.07) is 15.4. The van der Waals surface area contributed by atoms with Gasteiger partial charge in [-0.25, -0.2) is 4.39 Å². The Bertz CT molecular complexity index is 971. The predicted octanol–water partition coefficient (Wildman–Crippen LogP) is 3.95. The number of aromatic nitrogens is 2. The maximum absolute atomic E-state index is 13.9. The first-order chi connectivity index (χ1) is 13.2. The molecule has 4 nitrogen and oxygen atoms in total. The molecule has 2 aliphatic rings. The maximum Gasteiger partial charge on any atom is 0.208 e. The van der Waals surface area contributed by atoms with Crippen LogP contribution in [0.2, 0.25) is 0 Å². The van der Waals surface area contributed by atoms with Gasteiger partial charge in [0.1, 0.15) is 16.4 Å². The highest BCUT2D eigenvalue weighted by Gasteiger charge is 2.43. The highest BCUT2D eigenvalue weighted by atomic mass is 32.1. The van der Waals surface area contributed by atoms with E-state index in [0.29, 0.717) is 18.6 Å². The third kappa shape index (κ3) is 3.03. The van der Waals surface area contributed by atoms with Crippen molar-refractivity contribution in [2.24, 2.45) is 0 Å². The van der Waals surface area contributed by atoms with E-state index in [1.807, 2.05) is 6.07 Å². The molecule has 27 heavy (non-hydrogen) atoms. The number of ether oxygens (including phenoxy) is 1. The van der Waals surface area contributed by atoms with Gasteiger partial charge in [0.05, 0.1) is 13.2 Å². The molecule has 5 rings (SSSR count). The van der Waals surface area contributed by atoms with Crippen molar-refractivity contribution in [1.29, 1.82) is 0 Å². The Kier molecular flexibility index (Phi) is 4.17. The molecule has 6 heteroatoms. The van der Waals surface area contributed by atoms with Crippen molar-refractivity contribution in [3.63, 3.8) is 0 Å². The number of fused-ring (bicyclic) bond motifs is 2. The Labute approximate surface area is 161 Å². The van der Waals surface area contributed by atoms with Crippen LogP contribution < -0.4 is 4.90 Å². The summed E-state index contributed by atoms with van der Waals surface area (Å²) >= 11 is 1.55. The first-order valence-electron chi connectivity index (χ1n) is 9.27. The Morgan fingerprint density at radius 3 is 2.89 bits per heavy atom. The van der Waals surface area contributed by atoms with Gasteiger partial charge in [0.2, 0.25) is 5.13 Å². The third-order valence-electron chi connectivity index (χ3n) is 5.52. The molecule has 3 aromatic rings. The number of hydrogen-bond acceptors (Lipinski definition) is 5. The predicted molar refractivity (Wildman–Crippen MR) is 104 cm³/mol. The molecule has 0 amide bonds. The van der Waals surface area contributed by atoms with Crippen LogP contribution in [0.3, 0.4) is 0 Å². The molecular formula is C21H20FN3OS. The summed E-state index contributed by atoms with van der Waals surface area (Å²) in [4.78, 5) is 2.27. The van der Waals surface area contributed by atoms with Crippen LogP contribution in [0.15, 0.2) is 48.5 Å². The van der Waals surface area contributed by atoms with Gasteiger partial charge in [-0.2, -0.15) is 0 Å². The largest absolute Gasteiger partial charge is 0.367 e. The second kappa shape index (κ2) is 6.69. The summed E-state index contributed by atoms with van der Waals surface area (Å²) in [6.07, 6.45) is 2.53. The minimum Gasteiger partial charge on any atom is -0.367 e. The second-order valence-electron chi connectivity index (χ2n) is 7.17. The summed E-state index contributed by atoms with van der Waals surface area (Å²) in [5.74, 6) is -0.192. The zero-order valence-electron chi connectivity index (χ0n) is 14.9. The van der Waals surface area contributed by atoms with Gasteiger partial charge >= 0.3 is 0 Å². The Morgan fingerprint density at radius 1 is 1.11 bits per heavy atom. The number of benzene rings is 2. The summed E-state index contributed by atoms with van der Waals surface area (Å²) < 4.78 is 20.2. The fraction of sp³-hybridized carbons (Fsp3) is 0.333. The normalized spacial score (nSPS) is 21.6. The zero-order chi connectivity index (χ0) is 18.3. The molecule has 138 valence electrons. The van der Waals surface area contributed by atoms with Crippen molar-refractivity contribution in [2.45, 2.75) is 24.9 Å². The van der Waals surface area contributed by atoms with E-state index in [1.54, 1.807) is 23.5 Å². The molecule has 1 aromatic heterocycles. The van der Waals surface area contributed by atoms with Crippen LogP contribution >= 0.6 is 11.3 Å². The van der Waals surface area contributed by atoms with E-state index in [4.69, 9.17) is 4.74 Å². The van der Waals surface area contributed by atoms with Gasteiger partial charge in [-0.1, -0.05) is 53.8 Å². The van der Waals surface area contributed by atoms with Crippen LogP contribution in [0.25, 0.3) is 0 Å². The molecule has 2 aromatic carbocycles. The third-order valence-corrected chi connectivity index (χ3v) is 6.50. The molecule has 1 fully saturated rings. The number of halogens is 1.